The molecule has 0 fully saturated rings. The van der Waals surface area contributed by atoms with Crippen molar-refractivity contribution in [3.8, 4) is 11.3 Å². The van der Waals surface area contributed by atoms with E-state index in [-0.39, 0.29) is 23.8 Å². The van der Waals surface area contributed by atoms with Crippen molar-refractivity contribution in [1.82, 2.24) is 15.6 Å². The molecule has 3 aromatic rings. The second-order valence-corrected chi connectivity index (χ2v) is 8.72. The molecule has 0 atom stereocenters. The van der Waals surface area contributed by atoms with Gasteiger partial charge in [-0.3, -0.25) is 9.59 Å². The highest BCUT2D eigenvalue weighted by Crippen LogP contribution is 2.22. The van der Waals surface area contributed by atoms with Crippen LogP contribution in [0.5, 0.6) is 0 Å². The summed E-state index contributed by atoms with van der Waals surface area (Å²) < 4.78 is 0. The molecule has 2 amide bonds. The van der Waals surface area contributed by atoms with Crippen LogP contribution in [0.15, 0.2) is 60.0 Å². The summed E-state index contributed by atoms with van der Waals surface area (Å²) >= 11 is 1.50. The molecule has 1 aromatic heterocycles. The van der Waals surface area contributed by atoms with Gasteiger partial charge in [0.25, 0.3) is 5.91 Å². The number of amides is 2. The molecule has 0 aliphatic rings. The van der Waals surface area contributed by atoms with Gasteiger partial charge < -0.3 is 10.6 Å². The van der Waals surface area contributed by atoms with E-state index in [9.17, 15) is 9.59 Å². The number of aromatic nitrogens is 1. The third-order valence-corrected chi connectivity index (χ3v) is 5.33. The van der Waals surface area contributed by atoms with Crippen molar-refractivity contribution in [3.63, 3.8) is 0 Å². The first-order valence-electron chi connectivity index (χ1n) is 9.48. The van der Waals surface area contributed by atoms with Gasteiger partial charge >= 0.3 is 0 Å². The lowest BCUT2D eigenvalue weighted by atomic mass is 9.87. The zero-order chi connectivity index (χ0) is 20.9. The van der Waals surface area contributed by atoms with Gasteiger partial charge in [0, 0.05) is 16.5 Å². The van der Waals surface area contributed by atoms with E-state index in [1.807, 2.05) is 47.8 Å². The third kappa shape index (κ3) is 5.74. The number of hydrogen-bond donors (Lipinski definition) is 2. The van der Waals surface area contributed by atoms with Crippen molar-refractivity contribution in [2.24, 2.45) is 0 Å². The molecule has 150 valence electrons. The molecule has 2 aromatic carbocycles. The van der Waals surface area contributed by atoms with E-state index in [2.05, 4.69) is 36.4 Å². The third-order valence-electron chi connectivity index (χ3n) is 4.48. The summed E-state index contributed by atoms with van der Waals surface area (Å²) in [5, 5.41) is 8.24. The Morgan fingerprint density at radius 2 is 1.66 bits per heavy atom. The molecule has 1 heterocycles. The van der Waals surface area contributed by atoms with Gasteiger partial charge in [0.05, 0.1) is 18.8 Å². The molecule has 29 heavy (non-hydrogen) atoms. The Morgan fingerprint density at radius 1 is 0.966 bits per heavy atom. The van der Waals surface area contributed by atoms with Crippen molar-refractivity contribution in [2.75, 3.05) is 6.54 Å². The van der Waals surface area contributed by atoms with Gasteiger partial charge in [-0.2, -0.15) is 0 Å². The van der Waals surface area contributed by atoms with Gasteiger partial charge in [-0.25, -0.2) is 4.98 Å². The van der Waals surface area contributed by atoms with Crippen LogP contribution in [0.4, 0.5) is 0 Å². The van der Waals surface area contributed by atoms with Crippen LogP contribution in [0.2, 0.25) is 0 Å². The molecule has 0 aliphatic carbocycles. The first-order valence-corrected chi connectivity index (χ1v) is 10.4. The summed E-state index contributed by atoms with van der Waals surface area (Å²) in [5.74, 6) is -0.512. The highest BCUT2D eigenvalue weighted by Gasteiger charge is 2.14. The lowest BCUT2D eigenvalue weighted by Crippen LogP contribution is -2.36. The molecular formula is C23H25N3O2S. The topological polar surface area (TPSA) is 71.1 Å². The van der Waals surface area contributed by atoms with Crippen LogP contribution in [0.1, 0.15) is 41.7 Å². The van der Waals surface area contributed by atoms with E-state index in [1.165, 1.54) is 11.3 Å². The molecule has 0 unspecified atom stereocenters. The van der Waals surface area contributed by atoms with Crippen molar-refractivity contribution in [1.29, 1.82) is 0 Å². The summed E-state index contributed by atoms with van der Waals surface area (Å²) in [7, 11) is 0. The monoisotopic (exact) mass is 407 g/mol. The average molecular weight is 408 g/mol. The molecule has 6 heteroatoms. The molecule has 2 N–H and O–H groups in total. The minimum Gasteiger partial charge on any atom is -0.348 e. The van der Waals surface area contributed by atoms with Gasteiger partial charge in [-0.05, 0) is 23.1 Å². The van der Waals surface area contributed by atoms with Crippen molar-refractivity contribution >= 4 is 23.2 Å². The van der Waals surface area contributed by atoms with Gasteiger partial charge in [0.1, 0.15) is 5.01 Å². The minimum atomic E-state index is -0.263. The molecular weight excluding hydrogens is 382 g/mol. The van der Waals surface area contributed by atoms with Gasteiger partial charge in [-0.1, -0.05) is 63.2 Å². The number of carbonyl (C=O) groups excluding carboxylic acids is 2. The Bertz CT molecular complexity index is 973. The van der Waals surface area contributed by atoms with E-state index in [0.29, 0.717) is 12.1 Å². The fourth-order valence-corrected chi connectivity index (χ4v) is 3.50. The number of carbonyl (C=O) groups is 2. The Labute approximate surface area is 175 Å². The first kappa shape index (κ1) is 20.7. The van der Waals surface area contributed by atoms with Crippen LogP contribution in [0, 0.1) is 0 Å². The predicted molar refractivity (Wildman–Crippen MR) is 117 cm³/mol. The van der Waals surface area contributed by atoms with E-state index in [4.69, 9.17) is 0 Å². The molecule has 0 aliphatic heterocycles. The number of nitrogens with zero attached hydrogens (tertiary/aromatic N) is 1. The fourth-order valence-electron chi connectivity index (χ4n) is 2.75. The van der Waals surface area contributed by atoms with Gasteiger partial charge in [-0.15, -0.1) is 11.3 Å². The molecule has 0 saturated carbocycles. The Hall–Kier alpha value is -2.99. The average Bonchev–Trinajstić information content (AvgIpc) is 3.20. The van der Waals surface area contributed by atoms with Gasteiger partial charge in [0.15, 0.2) is 0 Å². The van der Waals surface area contributed by atoms with Crippen molar-refractivity contribution < 1.29 is 9.59 Å². The predicted octanol–water partition coefficient (Wildman–Crippen LogP) is 4.15. The van der Waals surface area contributed by atoms with Crippen LogP contribution < -0.4 is 10.6 Å². The number of hydrogen-bond acceptors (Lipinski definition) is 4. The lowest BCUT2D eigenvalue weighted by Gasteiger charge is -2.19. The number of rotatable bonds is 6. The van der Waals surface area contributed by atoms with E-state index in [1.54, 1.807) is 12.1 Å². The summed E-state index contributed by atoms with van der Waals surface area (Å²) in [4.78, 5) is 28.8. The number of benzene rings is 2. The highest BCUT2D eigenvalue weighted by molar-refractivity contribution is 7.09. The fraction of sp³-hybridized carbons (Fsp3) is 0.261. The summed E-state index contributed by atoms with van der Waals surface area (Å²) in [5.41, 5.74) is 3.67. The smallest absolute Gasteiger partial charge is 0.251 e. The van der Waals surface area contributed by atoms with Crippen LogP contribution in [0.25, 0.3) is 11.3 Å². The van der Waals surface area contributed by atoms with Crippen LogP contribution in [0.3, 0.4) is 0 Å². The maximum absolute atomic E-state index is 12.2. The number of thiazole rings is 1. The van der Waals surface area contributed by atoms with Crippen LogP contribution >= 0.6 is 11.3 Å². The minimum absolute atomic E-state index is 0.0328. The molecule has 0 saturated heterocycles. The van der Waals surface area contributed by atoms with Crippen LogP contribution in [-0.4, -0.2) is 23.3 Å². The SMILES string of the molecule is CC(C)(C)c1ccc(C(=O)NCC(=O)NCc2nc(-c3ccccc3)cs2)cc1. The van der Waals surface area contributed by atoms with Crippen LogP contribution in [-0.2, 0) is 16.8 Å². The van der Waals surface area contributed by atoms with E-state index in [0.717, 1.165) is 21.8 Å². The largest absolute Gasteiger partial charge is 0.348 e. The van der Waals surface area contributed by atoms with Crippen molar-refractivity contribution in [2.45, 2.75) is 32.7 Å². The standard InChI is InChI=1S/C23H25N3O2S/c1-23(2,3)18-11-9-17(10-12-18)22(28)25-13-20(27)24-14-21-26-19(15-29-21)16-7-5-4-6-8-16/h4-12,15H,13-14H2,1-3H3,(H,24,27)(H,25,28). The zero-order valence-electron chi connectivity index (χ0n) is 16.9. The zero-order valence-corrected chi connectivity index (χ0v) is 17.7. The highest BCUT2D eigenvalue weighted by atomic mass is 32.1. The molecule has 0 radical (unpaired) electrons. The molecule has 3 rings (SSSR count). The molecule has 5 nitrogen and oxygen atoms in total. The second kappa shape index (κ2) is 9.01. The van der Waals surface area contributed by atoms with E-state index < -0.39 is 0 Å². The van der Waals surface area contributed by atoms with Gasteiger partial charge in [0.2, 0.25) is 5.91 Å². The normalized spacial score (nSPS) is 11.1. The Balaban J connectivity index is 1.46. The first-order chi connectivity index (χ1) is 13.8. The maximum atomic E-state index is 12.2. The summed E-state index contributed by atoms with van der Waals surface area (Å²) in [6, 6.07) is 17.4. The maximum Gasteiger partial charge on any atom is 0.251 e. The Morgan fingerprint density at radius 3 is 2.31 bits per heavy atom. The summed E-state index contributed by atoms with van der Waals surface area (Å²) in [6.45, 7) is 6.64. The lowest BCUT2D eigenvalue weighted by molar-refractivity contribution is -0.120. The quantitative estimate of drug-likeness (QED) is 0.645. The second-order valence-electron chi connectivity index (χ2n) is 7.78. The van der Waals surface area contributed by atoms with E-state index >= 15 is 0 Å². The van der Waals surface area contributed by atoms with Crippen molar-refractivity contribution in [3.05, 3.63) is 76.1 Å². The molecule has 0 spiro atoms. The summed E-state index contributed by atoms with van der Waals surface area (Å²) in [6.07, 6.45) is 0. The molecule has 0 bridgehead atoms. The Kier molecular flexibility index (Phi) is 6.44. The number of nitrogens with one attached hydrogen (secondary N) is 2.